The topological polar surface area (TPSA) is 96.0 Å². The molecule has 0 saturated carbocycles. The van der Waals surface area contributed by atoms with Crippen molar-refractivity contribution in [1.82, 2.24) is 0 Å². The lowest BCUT2D eigenvalue weighted by atomic mass is 9.90. The normalized spacial score (nSPS) is 13.1. The second-order valence-electron chi connectivity index (χ2n) is 8.06. The van der Waals surface area contributed by atoms with Crippen molar-refractivity contribution in [3.8, 4) is 18.1 Å². The molecular weight excluding hydrogens is 456 g/mol. The Morgan fingerprint density at radius 1 is 1.21 bits per heavy atom. The molecule has 0 amide bonds. The van der Waals surface area contributed by atoms with Gasteiger partial charge in [0.05, 0.1) is 7.11 Å². The number of fused-ring (bicyclic) bond motifs is 1. The minimum atomic E-state index is -4.26. The lowest BCUT2D eigenvalue weighted by Gasteiger charge is -2.18. The van der Waals surface area contributed by atoms with Crippen LogP contribution in [0.1, 0.15) is 57.9 Å². The fraction of sp³-hybridized carbons (Fsp3) is 0.308. The molecule has 34 heavy (non-hydrogen) atoms. The minimum Gasteiger partial charge on any atom is -0.469 e. The Morgan fingerprint density at radius 3 is 2.50 bits per heavy atom. The molecule has 0 aliphatic carbocycles. The molecule has 0 aromatic heterocycles. The average Bonchev–Trinajstić information content (AvgIpc) is 3.20. The van der Waals surface area contributed by atoms with Gasteiger partial charge in [0.25, 0.3) is 0 Å². The summed E-state index contributed by atoms with van der Waals surface area (Å²) >= 11 is 0. The summed E-state index contributed by atoms with van der Waals surface area (Å²) in [5, 5.41) is 0. The number of terminal acetylenes is 1. The largest absolute Gasteiger partial charge is 0.469 e. The molecule has 0 N–H and O–H groups in total. The van der Waals surface area contributed by atoms with E-state index in [0.717, 1.165) is 11.1 Å². The van der Waals surface area contributed by atoms with E-state index in [1.54, 1.807) is 19.1 Å². The van der Waals surface area contributed by atoms with Crippen LogP contribution in [0.25, 0.3) is 0 Å². The lowest BCUT2D eigenvalue weighted by molar-refractivity contribution is -0.140. The van der Waals surface area contributed by atoms with E-state index in [1.165, 1.54) is 19.2 Å². The lowest BCUT2D eigenvalue weighted by Crippen LogP contribution is -2.15. The summed E-state index contributed by atoms with van der Waals surface area (Å²) in [6.45, 7) is 5.44. The van der Waals surface area contributed by atoms with Gasteiger partial charge >= 0.3 is 22.1 Å². The van der Waals surface area contributed by atoms with Crippen LogP contribution in [0.15, 0.2) is 40.8 Å². The van der Waals surface area contributed by atoms with Gasteiger partial charge in [-0.1, -0.05) is 35.3 Å². The van der Waals surface area contributed by atoms with Crippen LogP contribution >= 0.6 is 0 Å². The standard InChI is InChI=1S/C26H26O7S/c1-6-20-18(4)22-15-32-26(28)24(22)25(21(20)13-9-17(3)10-14-23(27)31-5)33-34(29,30)19-11-7-16(2)8-12-19/h1,7-9,11-12H,10,13-15H2,2-5H3/b17-9+. The van der Waals surface area contributed by atoms with Crippen LogP contribution < -0.4 is 4.18 Å². The fourth-order valence-electron chi connectivity index (χ4n) is 3.70. The molecule has 3 rings (SSSR count). The van der Waals surface area contributed by atoms with Crippen LogP contribution in [0.4, 0.5) is 0 Å². The maximum absolute atomic E-state index is 13.1. The van der Waals surface area contributed by atoms with Gasteiger partial charge in [-0.05, 0) is 51.3 Å². The Hall–Kier alpha value is -3.57. The van der Waals surface area contributed by atoms with Gasteiger partial charge in [-0.3, -0.25) is 4.79 Å². The highest BCUT2D eigenvalue weighted by Gasteiger charge is 2.34. The zero-order chi connectivity index (χ0) is 25.0. The molecule has 7 nitrogen and oxygen atoms in total. The first-order valence-electron chi connectivity index (χ1n) is 10.6. The average molecular weight is 483 g/mol. The van der Waals surface area contributed by atoms with E-state index in [2.05, 4.69) is 10.7 Å². The first kappa shape index (κ1) is 25.1. The van der Waals surface area contributed by atoms with E-state index in [1.807, 2.05) is 19.9 Å². The monoisotopic (exact) mass is 482 g/mol. The summed E-state index contributed by atoms with van der Waals surface area (Å²) in [5.41, 5.74) is 3.86. The Morgan fingerprint density at radius 2 is 1.88 bits per heavy atom. The summed E-state index contributed by atoms with van der Waals surface area (Å²) in [6.07, 6.45) is 8.50. The summed E-state index contributed by atoms with van der Waals surface area (Å²) in [7, 11) is -2.93. The van der Waals surface area contributed by atoms with Gasteiger partial charge in [-0.2, -0.15) is 8.42 Å². The Balaban J connectivity index is 2.11. The van der Waals surface area contributed by atoms with Crippen molar-refractivity contribution >= 4 is 22.1 Å². The van der Waals surface area contributed by atoms with Crippen molar-refractivity contribution in [1.29, 1.82) is 0 Å². The first-order valence-corrected chi connectivity index (χ1v) is 12.1. The third-order valence-electron chi connectivity index (χ3n) is 5.74. The van der Waals surface area contributed by atoms with Gasteiger partial charge in [-0.15, -0.1) is 6.42 Å². The number of carbonyl (C=O) groups excluding carboxylic acids is 2. The maximum atomic E-state index is 13.1. The van der Waals surface area contributed by atoms with E-state index < -0.39 is 16.1 Å². The molecule has 0 spiro atoms. The Bertz CT molecular complexity index is 1310. The third-order valence-corrected chi connectivity index (χ3v) is 6.97. The zero-order valence-electron chi connectivity index (χ0n) is 19.6. The van der Waals surface area contributed by atoms with E-state index in [-0.39, 0.29) is 41.6 Å². The fourth-order valence-corrected chi connectivity index (χ4v) is 4.67. The number of methoxy groups -OCH3 is 1. The molecule has 178 valence electrons. The molecule has 2 aromatic rings. The van der Waals surface area contributed by atoms with Crippen LogP contribution in [0.5, 0.6) is 5.75 Å². The van der Waals surface area contributed by atoms with Gasteiger partial charge in [0, 0.05) is 23.1 Å². The van der Waals surface area contributed by atoms with Crippen LogP contribution in [0.3, 0.4) is 0 Å². The predicted molar refractivity (Wildman–Crippen MR) is 126 cm³/mol. The molecule has 0 bridgehead atoms. The molecule has 1 heterocycles. The van der Waals surface area contributed by atoms with E-state index in [0.29, 0.717) is 28.7 Å². The summed E-state index contributed by atoms with van der Waals surface area (Å²) in [6, 6.07) is 6.20. The molecule has 0 fully saturated rings. The molecule has 0 radical (unpaired) electrons. The summed E-state index contributed by atoms with van der Waals surface area (Å²) in [4.78, 5) is 24.0. The number of ether oxygens (including phenoxy) is 2. The molecule has 1 aliphatic heterocycles. The van der Waals surface area contributed by atoms with Crippen molar-refractivity contribution in [2.75, 3.05) is 7.11 Å². The van der Waals surface area contributed by atoms with Crippen LogP contribution in [0, 0.1) is 26.2 Å². The van der Waals surface area contributed by atoms with Crippen LogP contribution in [-0.4, -0.2) is 27.5 Å². The van der Waals surface area contributed by atoms with E-state index in [4.69, 9.17) is 15.3 Å². The number of esters is 2. The van der Waals surface area contributed by atoms with Crippen molar-refractivity contribution < 1.29 is 31.7 Å². The quantitative estimate of drug-likeness (QED) is 0.241. The second kappa shape index (κ2) is 10.1. The van der Waals surface area contributed by atoms with Crippen LogP contribution in [-0.2, 0) is 37.4 Å². The molecule has 0 saturated heterocycles. The number of cyclic esters (lactones) is 1. The van der Waals surface area contributed by atoms with Crippen molar-refractivity contribution in [3.05, 3.63) is 69.3 Å². The molecule has 1 aliphatic rings. The number of hydrogen-bond acceptors (Lipinski definition) is 7. The highest BCUT2D eigenvalue weighted by molar-refractivity contribution is 7.87. The van der Waals surface area contributed by atoms with Gasteiger partial charge in [0.15, 0.2) is 5.75 Å². The van der Waals surface area contributed by atoms with Gasteiger partial charge in [-0.25, -0.2) is 4.79 Å². The molecule has 0 unspecified atom stereocenters. The second-order valence-corrected chi connectivity index (χ2v) is 9.61. The Labute approximate surface area is 199 Å². The van der Waals surface area contributed by atoms with Crippen LogP contribution in [0.2, 0.25) is 0 Å². The predicted octanol–water partition coefficient (Wildman–Crippen LogP) is 4.16. The van der Waals surface area contributed by atoms with Crippen molar-refractivity contribution in [2.24, 2.45) is 0 Å². The molecule has 2 aromatic carbocycles. The number of carbonyl (C=O) groups is 2. The number of allylic oxidation sites excluding steroid dienone is 2. The van der Waals surface area contributed by atoms with E-state index in [9.17, 15) is 18.0 Å². The van der Waals surface area contributed by atoms with Crippen molar-refractivity contribution in [3.63, 3.8) is 0 Å². The first-order chi connectivity index (χ1) is 16.1. The van der Waals surface area contributed by atoms with E-state index >= 15 is 0 Å². The molecule has 0 atom stereocenters. The summed E-state index contributed by atoms with van der Waals surface area (Å²) in [5.74, 6) is 1.51. The van der Waals surface area contributed by atoms with Crippen molar-refractivity contribution in [2.45, 2.75) is 51.5 Å². The number of rotatable bonds is 8. The smallest absolute Gasteiger partial charge is 0.342 e. The van der Waals surface area contributed by atoms with Gasteiger partial charge < -0.3 is 13.7 Å². The highest BCUT2D eigenvalue weighted by atomic mass is 32.2. The zero-order valence-corrected chi connectivity index (χ0v) is 20.4. The van der Waals surface area contributed by atoms with Gasteiger partial charge in [0.1, 0.15) is 17.1 Å². The Kier molecular flexibility index (Phi) is 7.48. The summed E-state index contributed by atoms with van der Waals surface area (Å²) < 4.78 is 41.7. The number of aryl methyl sites for hydroxylation is 1. The molecular formula is C26H26O7S. The number of hydrogen-bond donors (Lipinski definition) is 0. The SMILES string of the molecule is C#Cc1c(C)c2c(c(OS(=O)(=O)c3ccc(C)cc3)c1C/C=C(\C)CCC(=O)OC)C(=O)OC2. The molecule has 8 heteroatoms. The highest BCUT2D eigenvalue weighted by Crippen LogP contribution is 2.40. The number of benzene rings is 2. The third kappa shape index (κ3) is 5.15. The maximum Gasteiger partial charge on any atom is 0.342 e. The van der Waals surface area contributed by atoms with Gasteiger partial charge in [0.2, 0.25) is 0 Å². The minimum absolute atomic E-state index is 0.0100.